The Hall–Kier alpha value is 0.170. The van der Waals surface area contributed by atoms with Crippen LogP contribution in [0.25, 0.3) is 0 Å². The molecule has 0 amide bonds. The molecule has 5 atom stereocenters. The predicted molar refractivity (Wildman–Crippen MR) is 152 cm³/mol. The van der Waals surface area contributed by atoms with E-state index in [1.807, 2.05) is 0 Å². The van der Waals surface area contributed by atoms with E-state index >= 15 is 0 Å². The van der Waals surface area contributed by atoms with E-state index in [4.69, 9.17) is 11.6 Å². The van der Waals surface area contributed by atoms with Crippen LogP contribution in [0, 0.1) is 35.5 Å². The summed E-state index contributed by atoms with van der Waals surface area (Å²) in [6, 6.07) is 1.48. The van der Waals surface area contributed by atoms with Crippen LogP contribution >= 0.6 is 11.6 Å². The molecule has 4 fully saturated rings. The molecule has 1 saturated heterocycles. The summed E-state index contributed by atoms with van der Waals surface area (Å²) in [6.07, 6.45) is 19.8. The Morgan fingerprint density at radius 1 is 0.771 bits per heavy atom. The lowest BCUT2D eigenvalue weighted by Gasteiger charge is -2.41. The van der Waals surface area contributed by atoms with Crippen LogP contribution in [-0.4, -0.2) is 67.5 Å². The minimum Gasteiger partial charge on any atom is -0.312 e. The Morgan fingerprint density at radius 2 is 1.40 bits per heavy atom. The fourth-order valence-electron chi connectivity index (χ4n) is 8.31. The number of alkyl halides is 1. The van der Waals surface area contributed by atoms with Crippen molar-refractivity contribution < 1.29 is 0 Å². The molecule has 3 saturated carbocycles. The summed E-state index contributed by atoms with van der Waals surface area (Å²) in [5.41, 5.74) is 0. The second-order valence-corrected chi connectivity index (χ2v) is 14.4. The van der Waals surface area contributed by atoms with Gasteiger partial charge in [-0.05, 0) is 133 Å². The van der Waals surface area contributed by atoms with Gasteiger partial charge in [0.2, 0.25) is 0 Å². The summed E-state index contributed by atoms with van der Waals surface area (Å²) >= 11 is 6.36. The fourth-order valence-corrected chi connectivity index (χ4v) is 8.56. The molecule has 0 bridgehead atoms. The number of rotatable bonds is 9. The molecule has 0 aromatic carbocycles. The minimum absolute atomic E-state index is 0.460. The number of hydrogen-bond acceptors (Lipinski definition) is 3. The maximum Gasteiger partial charge on any atom is 0.0336 e. The molecule has 35 heavy (non-hydrogen) atoms. The van der Waals surface area contributed by atoms with Gasteiger partial charge in [0.15, 0.2) is 0 Å². The Bertz CT molecular complexity index is 594. The van der Waals surface area contributed by atoms with Gasteiger partial charge in [-0.15, -0.1) is 11.6 Å². The number of halogens is 1. The lowest BCUT2D eigenvalue weighted by molar-refractivity contribution is 0.102. The van der Waals surface area contributed by atoms with Crippen LogP contribution in [0.1, 0.15) is 104 Å². The third kappa shape index (κ3) is 8.33. The number of piperidine rings is 1. The van der Waals surface area contributed by atoms with Crippen molar-refractivity contribution in [1.82, 2.24) is 15.1 Å². The molecule has 4 heteroatoms. The van der Waals surface area contributed by atoms with Crippen LogP contribution in [0.3, 0.4) is 0 Å². The molecule has 3 nitrogen and oxygen atoms in total. The first-order valence-electron chi connectivity index (χ1n) is 15.6. The zero-order valence-corrected chi connectivity index (χ0v) is 24.5. The molecule has 204 valence electrons. The van der Waals surface area contributed by atoms with Gasteiger partial charge in [0.25, 0.3) is 0 Å². The van der Waals surface area contributed by atoms with Crippen LogP contribution in [0.5, 0.6) is 0 Å². The van der Waals surface area contributed by atoms with Crippen molar-refractivity contribution >= 4 is 11.6 Å². The molecular weight excluding hydrogens is 450 g/mol. The van der Waals surface area contributed by atoms with E-state index in [9.17, 15) is 0 Å². The van der Waals surface area contributed by atoms with Gasteiger partial charge in [0.1, 0.15) is 0 Å². The van der Waals surface area contributed by atoms with Gasteiger partial charge in [-0.25, -0.2) is 0 Å². The van der Waals surface area contributed by atoms with Crippen LogP contribution < -0.4 is 5.32 Å². The molecule has 1 N–H and O–H groups in total. The standard InChI is InChI=1S/C31H58ClN3/c1-23(2)31(22-35-17-15-26(16-18-35)25-11-13-29(32)14-12-25)33-21-24-7-5-8-27(19-24)28-9-6-10-30(20-28)34(3)4/h23-31,33H,5-22H2,1-4H3/t24?,25?,27?,28?,29?,30?,31-/m0/s1. The monoisotopic (exact) mass is 507 g/mol. The third-order valence-corrected chi connectivity index (χ3v) is 11.3. The highest BCUT2D eigenvalue weighted by molar-refractivity contribution is 6.20. The topological polar surface area (TPSA) is 18.5 Å². The van der Waals surface area contributed by atoms with Crippen molar-refractivity contribution in [2.24, 2.45) is 35.5 Å². The zero-order valence-electron chi connectivity index (χ0n) is 23.7. The van der Waals surface area contributed by atoms with E-state index < -0.39 is 0 Å². The predicted octanol–water partition coefficient (Wildman–Crippen LogP) is 7.04. The van der Waals surface area contributed by atoms with E-state index in [-0.39, 0.29) is 0 Å². The van der Waals surface area contributed by atoms with Gasteiger partial charge < -0.3 is 15.1 Å². The molecule has 4 aliphatic rings. The Morgan fingerprint density at radius 3 is 2.06 bits per heavy atom. The molecular formula is C31H58ClN3. The first-order valence-corrected chi connectivity index (χ1v) is 16.1. The quantitative estimate of drug-likeness (QED) is 0.337. The number of nitrogens with one attached hydrogen (secondary N) is 1. The van der Waals surface area contributed by atoms with Crippen molar-refractivity contribution in [2.75, 3.05) is 40.3 Å². The smallest absolute Gasteiger partial charge is 0.0336 e. The average Bonchev–Trinajstić information content (AvgIpc) is 2.87. The van der Waals surface area contributed by atoms with Crippen molar-refractivity contribution in [3.8, 4) is 0 Å². The van der Waals surface area contributed by atoms with E-state index in [2.05, 4.69) is 43.1 Å². The maximum atomic E-state index is 6.36. The van der Waals surface area contributed by atoms with Crippen LogP contribution in [-0.2, 0) is 0 Å². The largest absolute Gasteiger partial charge is 0.312 e. The molecule has 4 rings (SSSR count). The molecule has 1 heterocycles. The van der Waals surface area contributed by atoms with E-state index in [0.717, 1.165) is 35.6 Å². The van der Waals surface area contributed by atoms with E-state index in [1.165, 1.54) is 116 Å². The number of likely N-dealkylation sites (tertiary alicyclic amines) is 1. The second-order valence-electron chi connectivity index (χ2n) is 13.7. The summed E-state index contributed by atoms with van der Waals surface area (Å²) in [6.45, 7) is 10.0. The Balaban J connectivity index is 1.19. The molecule has 4 unspecified atom stereocenters. The molecule has 0 aromatic rings. The van der Waals surface area contributed by atoms with Gasteiger partial charge in [0, 0.05) is 24.0 Å². The zero-order chi connectivity index (χ0) is 24.8. The fraction of sp³-hybridized carbons (Fsp3) is 1.00. The van der Waals surface area contributed by atoms with Crippen molar-refractivity contribution in [1.29, 1.82) is 0 Å². The summed E-state index contributed by atoms with van der Waals surface area (Å²) in [5, 5.41) is 4.56. The third-order valence-electron chi connectivity index (χ3n) is 10.8. The van der Waals surface area contributed by atoms with Crippen molar-refractivity contribution in [3.05, 3.63) is 0 Å². The minimum atomic E-state index is 0.460. The highest BCUT2D eigenvalue weighted by atomic mass is 35.5. The normalized spacial score (nSPS) is 37.1. The van der Waals surface area contributed by atoms with Gasteiger partial charge >= 0.3 is 0 Å². The maximum absolute atomic E-state index is 6.36. The number of hydrogen-bond donors (Lipinski definition) is 1. The SMILES string of the molecule is CC(C)[C@H](CN1CCC(C2CCC(Cl)CC2)CC1)NCC1CCCC(C2CCCC(N(C)C)C2)C1. The lowest BCUT2D eigenvalue weighted by atomic mass is 9.69. The summed E-state index contributed by atoms with van der Waals surface area (Å²) < 4.78 is 0. The molecule has 1 aliphatic heterocycles. The first-order chi connectivity index (χ1) is 16.9. The Kier molecular flexibility index (Phi) is 11.1. The van der Waals surface area contributed by atoms with E-state index in [0.29, 0.717) is 17.3 Å². The van der Waals surface area contributed by atoms with Gasteiger partial charge in [-0.3, -0.25) is 0 Å². The molecule has 3 aliphatic carbocycles. The average molecular weight is 508 g/mol. The second kappa shape index (κ2) is 13.8. The highest BCUT2D eigenvalue weighted by Gasteiger charge is 2.34. The van der Waals surface area contributed by atoms with Crippen LogP contribution in [0.4, 0.5) is 0 Å². The van der Waals surface area contributed by atoms with Crippen LogP contribution in [0.2, 0.25) is 0 Å². The van der Waals surface area contributed by atoms with E-state index in [1.54, 1.807) is 0 Å². The van der Waals surface area contributed by atoms with Gasteiger partial charge in [-0.2, -0.15) is 0 Å². The lowest BCUT2D eigenvalue weighted by Crippen LogP contribution is -2.48. The summed E-state index contributed by atoms with van der Waals surface area (Å²) in [4.78, 5) is 5.28. The van der Waals surface area contributed by atoms with Gasteiger partial charge in [0.05, 0.1) is 0 Å². The summed E-state index contributed by atoms with van der Waals surface area (Å²) in [7, 11) is 4.58. The highest BCUT2D eigenvalue weighted by Crippen LogP contribution is 2.41. The van der Waals surface area contributed by atoms with Crippen molar-refractivity contribution in [3.63, 3.8) is 0 Å². The van der Waals surface area contributed by atoms with Gasteiger partial charge in [-0.1, -0.05) is 39.5 Å². The van der Waals surface area contributed by atoms with Crippen molar-refractivity contribution in [2.45, 2.75) is 121 Å². The Labute approximate surface area is 223 Å². The molecule has 0 radical (unpaired) electrons. The summed E-state index contributed by atoms with van der Waals surface area (Å²) in [5.74, 6) is 5.52. The molecule has 0 aromatic heterocycles. The number of nitrogens with zero attached hydrogens (tertiary/aromatic N) is 2. The molecule has 0 spiro atoms. The van der Waals surface area contributed by atoms with Crippen LogP contribution in [0.15, 0.2) is 0 Å². The first kappa shape index (κ1) is 28.2.